The number of nitro groups is 1. The van der Waals surface area contributed by atoms with Gasteiger partial charge in [-0.2, -0.15) is 0 Å². The first-order valence-electron chi connectivity index (χ1n) is 7.01. The van der Waals surface area contributed by atoms with Crippen molar-refractivity contribution in [1.82, 2.24) is 10.2 Å². The number of likely N-dealkylation sites (tertiary alicyclic amines) is 1. The van der Waals surface area contributed by atoms with Gasteiger partial charge in [0.25, 0.3) is 5.69 Å². The maximum Gasteiger partial charge on any atom is 0.272 e. The fraction of sp³-hybridized carbons (Fsp3) is 0.571. The Kier molecular flexibility index (Phi) is 3.67. The second-order valence-corrected chi connectivity index (χ2v) is 5.73. The molecule has 6 heteroatoms. The van der Waals surface area contributed by atoms with Gasteiger partial charge in [0.05, 0.1) is 11.0 Å². The molecule has 2 atom stereocenters. The molecule has 5 nitrogen and oxygen atoms in total. The Morgan fingerprint density at radius 2 is 2.25 bits per heavy atom. The normalized spacial score (nSPS) is 26.4. The lowest BCUT2D eigenvalue weighted by molar-refractivity contribution is -0.385. The Balaban J connectivity index is 1.70. The van der Waals surface area contributed by atoms with Gasteiger partial charge in [0, 0.05) is 31.7 Å². The van der Waals surface area contributed by atoms with Crippen LogP contribution in [-0.2, 0) is 6.54 Å². The van der Waals surface area contributed by atoms with E-state index in [0.717, 1.165) is 25.7 Å². The van der Waals surface area contributed by atoms with E-state index in [1.54, 1.807) is 0 Å². The van der Waals surface area contributed by atoms with Crippen molar-refractivity contribution in [3.8, 4) is 0 Å². The van der Waals surface area contributed by atoms with Gasteiger partial charge < -0.3 is 5.32 Å². The molecule has 0 radical (unpaired) electrons. The summed E-state index contributed by atoms with van der Waals surface area (Å²) in [6.45, 7) is 3.57. The number of rotatable bonds is 3. The van der Waals surface area contributed by atoms with Crippen LogP contribution in [0.1, 0.15) is 18.4 Å². The Hall–Kier alpha value is -1.53. The summed E-state index contributed by atoms with van der Waals surface area (Å²) in [6, 6.07) is 4.35. The third-order valence-electron chi connectivity index (χ3n) is 4.23. The predicted molar refractivity (Wildman–Crippen MR) is 72.8 cm³/mol. The molecule has 108 valence electrons. The Bertz CT molecular complexity index is 509. The van der Waals surface area contributed by atoms with Gasteiger partial charge in [-0.3, -0.25) is 15.0 Å². The minimum Gasteiger partial charge on any atom is -0.312 e. The summed E-state index contributed by atoms with van der Waals surface area (Å²) in [5.74, 6) is 0.122. The number of fused-ring (bicyclic) bond motifs is 1. The van der Waals surface area contributed by atoms with Crippen LogP contribution in [-0.4, -0.2) is 35.5 Å². The molecule has 0 bridgehead atoms. The molecule has 1 N–H and O–H groups in total. The number of hydrogen-bond acceptors (Lipinski definition) is 4. The van der Waals surface area contributed by atoms with E-state index in [1.165, 1.54) is 25.0 Å². The van der Waals surface area contributed by atoms with Crippen LogP contribution in [0.25, 0.3) is 0 Å². The van der Waals surface area contributed by atoms with Crippen molar-refractivity contribution in [3.63, 3.8) is 0 Å². The first-order valence-corrected chi connectivity index (χ1v) is 7.01. The molecule has 3 rings (SSSR count). The zero-order chi connectivity index (χ0) is 14.1. The number of halogens is 1. The van der Waals surface area contributed by atoms with Gasteiger partial charge in [-0.25, -0.2) is 4.39 Å². The molecule has 20 heavy (non-hydrogen) atoms. The standard InChI is InChI=1S/C14H18FN3O2/c15-12-4-10(5-13(6-12)18(19)20)7-17-8-11-2-1-3-16-14(11)9-17/h4-6,11,14,16H,1-3,7-9H2. The van der Waals surface area contributed by atoms with E-state index in [2.05, 4.69) is 10.2 Å². The lowest BCUT2D eigenvalue weighted by Crippen LogP contribution is -2.40. The first kappa shape index (κ1) is 13.5. The highest BCUT2D eigenvalue weighted by atomic mass is 19.1. The fourth-order valence-corrected chi connectivity index (χ4v) is 3.35. The number of non-ortho nitro benzene ring substituents is 1. The summed E-state index contributed by atoms with van der Waals surface area (Å²) in [4.78, 5) is 12.5. The molecule has 1 aromatic carbocycles. The van der Waals surface area contributed by atoms with Gasteiger partial charge in [-0.15, -0.1) is 0 Å². The summed E-state index contributed by atoms with van der Waals surface area (Å²) in [7, 11) is 0. The van der Waals surface area contributed by atoms with Crippen LogP contribution in [0.15, 0.2) is 18.2 Å². The monoisotopic (exact) mass is 279 g/mol. The zero-order valence-corrected chi connectivity index (χ0v) is 11.2. The number of nitrogens with one attached hydrogen (secondary N) is 1. The number of benzene rings is 1. The van der Waals surface area contributed by atoms with Crippen molar-refractivity contribution in [2.24, 2.45) is 5.92 Å². The molecular formula is C14H18FN3O2. The van der Waals surface area contributed by atoms with E-state index in [-0.39, 0.29) is 5.69 Å². The highest BCUT2D eigenvalue weighted by Crippen LogP contribution is 2.27. The van der Waals surface area contributed by atoms with Gasteiger partial charge in [0.15, 0.2) is 0 Å². The van der Waals surface area contributed by atoms with Crippen molar-refractivity contribution in [1.29, 1.82) is 0 Å². The van der Waals surface area contributed by atoms with Crippen LogP contribution in [0, 0.1) is 21.8 Å². The number of piperidine rings is 1. The molecule has 2 heterocycles. The Morgan fingerprint density at radius 3 is 3.00 bits per heavy atom. The minimum absolute atomic E-state index is 0.172. The summed E-state index contributed by atoms with van der Waals surface area (Å²) in [5, 5.41) is 14.3. The SMILES string of the molecule is O=[N+]([O-])c1cc(F)cc(CN2CC3CCCNC3C2)c1. The summed E-state index contributed by atoms with van der Waals surface area (Å²) in [6.07, 6.45) is 2.44. The van der Waals surface area contributed by atoms with Crippen molar-refractivity contribution in [2.45, 2.75) is 25.4 Å². The second-order valence-electron chi connectivity index (χ2n) is 5.73. The molecule has 0 aliphatic carbocycles. The van der Waals surface area contributed by atoms with Crippen LogP contribution >= 0.6 is 0 Å². The van der Waals surface area contributed by atoms with Gasteiger partial charge >= 0.3 is 0 Å². The summed E-state index contributed by atoms with van der Waals surface area (Å²) in [5.41, 5.74) is 0.505. The Labute approximate surface area is 116 Å². The fourth-order valence-electron chi connectivity index (χ4n) is 3.35. The van der Waals surface area contributed by atoms with Gasteiger partial charge in [0.1, 0.15) is 5.82 Å². The van der Waals surface area contributed by atoms with E-state index >= 15 is 0 Å². The van der Waals surface area contributed by atoms with Crippen molar-refractivity contribution >= 4 is 5.69 Å². The number of hydrogen-bond donors (Lipinski definition) is 1. The third-order valence-corrected chi connectivity index (χ3v) is 4.23. The van der Waals surface area contributed by atoms with Crippen LogP contribution in [0.3, 0.4) is 0 Å². The highest BCUT2D eigenvalue weighted by molar-refractivity contribution is 5.35. The zero-order valence-electron chi connectivity index (χ0n) is 11.2. The molecule has 1 aromatic rings. The molecular weight excluding hydrogens is 261 g/mol. The molecule has 2 saturated heterocycles. The molecule has 0 aromatic heterocycles. The third kappa shape index (κ3) is 2.81. The van der Waals surface area contributed by atoms with E-state index in [0.29, 0.717) is 24.1 Å². The molecule has 0 saturated carbocycles. The maximum atomic E-state index is 13.4. The maximum absolute atomic E-state index is 13.4. The van der Waals surface area contributed by atoms with E-state index in [4.69, 9.17) is 0 Å². The largest absolute Gasteiger partial charge is 0.312 e. The molecule has 2 aliphatic rings. The quantitative estimate of drug-likeness (QED) is 0.678. The van der Waals surface area contributed by atoms with Crippen LogP contribution in [0.4, 0.5) is 10.1 Å². The van der Waals surface area contributed by atoms with Crippen LogP contribution in [0.2, 0.25) is 0 Å². The average molecular weight is 279 g/mol. The molecule has 2 unspecified atom stereocenters. The molecule has 2 fully saturated rings. The van der Waals surface area contributed by atoms with Crippen molar-refractivity contribution in [2.75, 3.05) is 19.6 Å². The highest BCUT2D eigenvalue weighted by Gasteiger charge is 2.34. The molecule has 0 spiro atoms. The molecule has 2 aliphatic heterocycles. The number of nitrogens with zero attached hydrogens (tertiary/aromatic N) is 2. The first-order chi connectivity index (χ1) is 9.61. The smallest absolute Gasteiger partial charge is 0.272 e. The second kappa shape index (κ2) is 5.46. The topological polar surface area (TPSA) is 58.4 Å². The van der Waals surface area contributed by atoms with E-state index in [9.17, 15) is 14.5 Å². The lowest BCUT2D eigenvalue weighted by atomic mass is 9.94. The van der Waals surface area contributed by atoms with Crippen LogP contribution in [0.5, 0.6) is 0 Å². The van der Waals surface area contributed by atoms with Gasteiger partial charge in [-0.1, -0.05) is 0 Å². The summed E-state index contributed by atoms with van der Waals surface area (Å²) < 4.78 is 13.4. The predicted octanol–water partition coefficient (Wildman–Crippen LogP) is 1.92. The molecule has 0 amide bonds. The average Bonchev–Trinajstić information content (AvgIpc) is 2.79. The lowest BCUT2D eigenvalue weighted by Gasteiger charge is -2.24. The van der Waals surface area contributed by atoms with E-state index in [1.807, 2.05) is 0 Å². The summed E-state index contributed by atoms with van der Waals surface area (Å²) >= 11 is 0. The minimum atomic E-state index is -0.544. The number of nitro benzene ring substituents is 1. The van der Waals surface area contributed by atoms with Gasteiger partial charge in [0.2, 0.25) is 0 Å². The van der Waals surface area contributed by atoms with Crippen molar-refractivity contribution in [3.05, 3.63) is 39.7 Å². The van der Waals surface area contributed by atoms with Crippen molar-refractivity contribution < 1.29 is 9.31 Å². The van der Waals surface area contributed by atoms with Crippen LogP contribution < -0.4 is 5.32 Å². The van der Waals surface area contributed by atoms with E-state index < -0.39 is 10.7 Å². The van der Waals surface area contributed by atoms with Gasteiger partial charge in [-0.05, 0) is 36.9 Å². The Morgan fingerprint density at radius 1 is 1.40 bits per heavy atom.